The summed E-state index contributed by atoms with van der Waals surface area (Å²) in [5, 5.41) is 5.88. The zero-order valence-electron chi connectivity index (χ0n) is 11.1. The number of aromatic nitrogens is 2. The first-order valence-corrected chi connectivity index (χ1v) is 7.11. The van der Waals surface area contributed by atoms with E-state index in [1.165, 1.54) is 6.20 Å². The summed E-state index contributed by atoms with van der Waals surface area (Å²) in [6.45, 7) is 2.90. The zero-order chi connectivity index (χ0) is 14.4. The molecule has 0 aliphatic heterocycles. The third-order valence-electron chi connectivity index (χ3n) is 2.52. The lowest BCUT2D eigenvalue weighted by molar-refractivity contribution is 0.102. The molecule has 0 aliphatic carbocycles. The van der Waals surface area contributed by atoms with Crippen molar-refractivity contribution in [3.05, 3.63) is 46.8 Å². The molecule has 2 rings (SSSR count). The number of carbonyl (C=O) groups excluding carboxylic acids is 1. The Kier molecular flexibility index (Phi) is 5.06. The van der Waals surface area contributed by atoms with Gasteiger partial charge in [-0.2, -0.15) is 0 Å². The minimum absolute atomic E-state index is 0.280. The molecule has 1 aromatic carbocycles. The van der Waals surface area contributed by atoms with E-state index in [2.05, 4.69) is 43.5 Å². The highest BCUT2D eigenvalue weighted by molar-refractivity contribution is 9.10. The van der Waals surface area contributed by atoms with E-state index in [0.29, 0.717) is 11.5 Å². The van der Waals surface area contributed by atoms with Gasteiger partial charge in [0, 0.05) is 16.7 Å². The summed E-state index contributed by atoms with van der Waals surface area (Å²) in [6.07, 6.45) is 4.03. The molecule has 0 bridgehead atoms. The minimum atomic E-state index is -0.280. The van der Waals surface area contributed by atoms with Crippen molar-refractivity contribution in [3.63, 3.8) is 0 Å². The van der Waals surface area contributed by atoms with E-state index in [1.807, 2.05) is 24.3 Å². The maximum atomic E-state index is 12.0. The number of anilines is 2. The number of amides is 1. The monoisotopic (exact) mass is 334 g/mol. The summed E-state index contributed by atoms with van der Waals surface area (Å²) in [5.41, 5.74) is 0.992. The Morgan fingerprint density at radius 1 is 1.30 bits per heavy atom. The molecule has 0 aliphatic rings. The lowest BCUT2D eigenvalue weighted by atomic mass is 10.3. The first-order valence-electron chi connectivity index (χ1n) is 6.32. The first kappa shape index (κ1) is 14.5. The molecular formula is C14H15BrN4O. The summed E-state index contributed by atoms with van der Waals surface area (Å²) in [5.74, 6) is 0.392. The number of carbonyl (C=O) groups is 1. The van der Waals surface area contributed by atoms with Gasteiger partial charge in [0.25, 0.3) is 5.91 Å². The normalized spacial score (nSPS) is 10.1. The van der Waals surface area contributed by atoms with Gasteiger partial charge in [-0.25, -0.2) is 9.97 Å². The minimum Gasteiger partial charge on any atom is -0.369 e. The Hall–Kier alpha value is -1.95. The molecule has 0 radical (unpaired) electrons. The van der Waals surface area contributed by atoms with Crippen molar-refractivity contribution in [1.29, 1.82) is 0 Å². The maximum Gasteiger partial charge on any atom is 0.275 e. The van der Waals surface area contributed by atoms with Crippen LogP contribution in [0.15, 0.2) is 41.1 Å². The summed E-state index contributed by atoms with van der Waals surface area (Å²) >= 11 is 3.35. The molecule has 2 aromatic rings. The molecule has 0 atom stereocenters. The second-order valence-electron chi connectivity index (χ2n) is 4.18. The van der Waals surface area contributed by atoms with Crippen LogP contribution in [0.3, 0.4) is 0 Å². The number of nitrogens with zero attached hydrogens (tertiary/aromatic N) is 2. The molecule has 1 aromatic heterocycles. The maximum absolute atomic E-state index is 12.0. The van der Waals surface area contributed by atoms with E-state index in [0.717, 1.165) is 17.4 Å². The van der Waals surface area contributed by atoms with Crippen molar-refractivity contribution < 1.29 is 4.79 Å². The second kappa shape index (κ2) is 7.00. The van der Waals surface area contributed by atoms with Crippen molar-refractivity contribution in [2.45, 2.75) is 13.3 Å². The fourth-order valence-electron chi connectivity index (χ4n) is 1.55. The smallest absolute Gasteiger partial charge is 0.275 e. The number of hydrogen-bond acceptors (Lipinski definition) is 4. The van der Waals surface area contributed by atoms with E-state index in [9.17, 15) is 4.79 Å². The van der Waals surface area contributed by atoms with Gasteiger partial charge in [0.05, 0.1) is 12.4 Å². The van der Waals surface area contributed by atoms with Gasteiger partial charge in [-0.15, -0.1) is 0 Å². The SMILES string of the molecule is CCCNc1cnc(C(=O)Nc2cccc(Br)c2)cn1. The molecule has 104 valence electrons. The number of halogens is 1. The Morgan fingerprint density at radius 3 is 2.80 bits per heavy atom. The van der Waals surface area contributed by atoms with E-state index < -0.39 is 0 Å². The lowest BCUT2D eigenvalue weighted by Crippen LogP contribution is -2.14. The van der Waals surface area contributed by atoms with Gasteiger partial charge in [0.1, 0.15) is 11.5 Å². The Balaban J connectivity index is 2.02. The van der Waals surface area contributed by atoms with Crippen LogP contribution >= 0.6 is 15.9 Å². The fourth-order valence-corrected chi connectivity index (χ4v) is 1.95. The summed E-state index contributed by atoms with van der Waals surface area (Å²) < 4.78 is 0.903. The first-order chi connectivity index (χ1) is 9.69. The standard InChI is InChI=1S/C14H15BrN4O/c1-2-6-16-13-9-17-12(8-18-13)14(20)19-11-5-3-4-10(15)7-11/h3-5,7-9H,2,6H2,1H3,(H,16,18)(H,19,20). The molecule has 0 saturated heterocycles. The molecule has 1 heterocycles. The van der Waals surface area contributed by atoms with Gasteiger partial charge >= 0.3 is 0 Å². The number of hydrogen-bond donors (Lipinski definition) is 2. The van der Waals surface area contributed by atoms with Gasteiger partial charge in [0.15, 0.2) is 0 Å². The van der Waals surface area contributed by atoms with Gasteiger partial charge in [0.2, 0.25) is 0 Å². The third kappa shape index (κ3) is 4.03. The summed E-state index contributed by atoms with van der Waals surface area (Å²) in [4.78, 5) is 20.3. The molecule has 5 nitrogen and oxygen atoms in total. The van der Waals surface area contributed by atoms with Crippen molar-refractivity contribution >= 4 is 33.3 Å². The van der Waals surface area contributed by atoms with Crippen LogP contribution in [0, 0.1) is 0 Å². The molecule has 0 saturated carbocycles. The van der Waals surface area contributed by atoms with Gasteiger partial charge in [-0.05, 0) is 24.6 Å². The lowest BCUT2D eigenvalue weighted by Gasteiger charge is -2.06. The quantitative estimate of drug-likeness (QED) is 0.880. The van der Waals surface area contributed by atoms with Crippen LogP contribution in [0.25, 0.3) is 0 Å². The topological polar surface area (TPSA) is 66.9 Å². The van der Waals surface area contributed by atoms with Gasteiger partial charge in [-0.3, -0.25) is 4.79 Å². The average molecular weight is 335 g/mol. The molecule has 20 heavy (non-hydrogen) atoms. The Morgan fingerprint density at radius 2 is 2.15 bits per heavy atom. The largest absolute Gasteiger partial charge is 0.369 e. The van der Waals surface area contributed by atoms with Crippen LogP contribution in [-0.2, 0) is 0 Å². The van der Waals surface area contributed by atoms with Crippen molar-refractivity contribution in [1.82, 2.24) is 9.97 Å². The number of benzene rings is 1. The molecule has 0 spiro atoms. The molecule has 2 N–H and O–H groups in total. The van der Waals surface area contributed by atoms with Crippen LogP contribution in [0.1, 0.15) is 23.8 Å². The van der Waals surface area contributed by atoms with Crippen molar-refractivity contribution in [2.75, 3.05) is 17.2 Å². The predicted molar refractivity (Wildman–Crippen MR) is 82.9 cm³/mol. The van der Waals surface area contributed by atoms with E-state index in [4.69, 9.17) is 0 Å². The second-order valence-corrected chi connectivity index (χ2v) is 5.09. The summed E-state index contributed by atoms with van der Waals surface area (Å²) in [7, 11) is 0. The Labute approximate surface area is 126 Å². The van der Waals surface area contributed by atoms with Gasteiger partial charge < -0.3 is 10.6 Å². The molecular weight excluding hydrogens is 320 g/mol. The third-order valence-corrected chi connectivity index (χ3v) is 3.02. The van der Waals surface area contributed by atoms with Crippen LogP contribution in [0.4, 0.5) is 11.5 Å². The average Bonchev–Trinajstić information content (AvgIpc) is 2.45. The number of rotatable bonds is 5. The van der Waals surface area contributed by atoms with E-state index >= 15 is 0 Å². The van der Waals surface area contributed by atoms with Crippen LogP contribution in [-0.4, -0.2) is 22.4 Å². The van der Waals surface area contributed by atoms with E-state index in [1.54, 1.807) is 6.20 Å². The highest BCUT2D eigenvalue weighted by Gasteiger charge is 2.08. The highest BCUT2D eigenvalue weighted by atomic mass is 79.9. The zero-order valence-corrected chi connectivity index (χ0v) is 12.6. The van der Waals surface area contributed by atoms with Crippen molar-refractivity contribution in [2.24, 2.45) is 0 Å². The van der Waals surface area contributed by atoms with Gasteiger partial charge in [-0.1, -0.05) is 28.9 Å². The molecule has 6 heteroatoms. The van der Waals surface area contributed by atoms with E-state index in [-0.39, 0.29) is 11.6 Å². The molecule has 1 amide bonds. The number of nitrogens with one attached hydrogen (secondary N) is 2. The fraction of sp³-hybridized carbons (Fsp3) is 0.214. The Bertz CT molecular complexity index is 586. The van der Waals surface area contributed by atoms with Crippen LogP contribution in [0.2, 0.25) is 0 Å². The molecule has 0 unspecified atom stereocenters. The van der Waals surface area contributed by atoms with Crippen LogP contribution < -0.4 is 10.6 Å². The highest BCUT2D eigenvalue weighted by Crippen LogP contribution is 2.16. The molecule has 0 fully saturated rings. The summed E-state index contributed by atoms with van der Waals surface area (Å²) in [6, 6.07) is 7.38. The predicted octanol–water partition coefficient (Wildman–Crippen LogP) is 3.31. The van der Waals surface area contributed by atoms with Crippen molar-refractivity contribution in [3.8, 4) is 0 Å². The van der Waals surface area contributed by atoms with Crippen LogP contribution in [0.5, 0.6) is 0 Å².